The van der Waals surface area contributed by atoms with Crippen molar-refractivity contribution >= 4 is 27.5 Å². The summed E-state index contributed by atoms with van der Waals surface area (Å²) in [6.45, 7) is 0. The van der Waals surface area contributed by atoms with E-state index in [9.17, 15) is 0 Å². The van der Waals surface area contributed by atoms with Crippen LogP contribution < -0.4 is 0 Å². The van der Waals surface area contributed by atoms with Crippen LogP contribution in [0.4, 0.5) is 0 Å². The Labute approximate surface area is 264 Å². The van der Waals surface area contributed by atoms with E-state index in [1.54, 1.807) is 0 Å². The molecule has 0 unspecified atom stereocenters. The van der Waals surface area contributed by atoms with Crippen LogP contribution >= 0.6 is 0 Å². The Hall–Kier alpha value is -6.40. The van der Waals surface area contributed by atoms with Crippen LogP contribution in [0.5, 0.6) is 0 Å². The van der Waals surface area contributed by atoms with Gasteiger partial charge in [0.2, 0.25) is 0 Å². The monoisotopic (exact) mass is 590 g/mol. The molecule has 6 nitrogen and oxygen atoms in total. The molecule has 0 bridgehead atoms. The number of hydrogen-bond acceptors (Lipinski definition) is 4. The lowest BCUT2D eigenvalue weighted by molar-refractivity contribution is 1.07. The highest BCUT2D eigenvalue weighted by atomic mass is 15.0. The predicted molar refractivity (Wildman–Crippen MR) is 185 cm³/mol. The van der Waals surface area contributed by atoms with Gasteiger partial charge >= 0.3 is 0 Å². The Morgan fingerprint density at radius 3 is 1.54 bits per heavy atom. The highest BCUT2D eigenvalue weighted by Gasteiger charge is 2.18. The second kappa shape index (κ2) is 10.6. The number of para-hydroxylation sites is 1. The first-order chi connectivity index (χ1) is 22.8. The van der Waals surface area contributed by atoms with Gasteiger partial charge in [-0.05, 0) is 36.4 Å². The molecule has 4 heterocycles. The van der Waals surface area contributed by atoms with Crippen LogP contribution in [0.1, 0.15) is 0 Å². The van der Waals surface area contributed by atoms with Gasteiger partial charge in [0, 0.05) is 51.1 Å². The largest absolute Gasteiger partial charge is 0.309 e. The molecule has 9 aromatic rings. The molecular weight excluding hydrogens is 564 g/mol. The second-order valence-electron chi connectivity index (χ2n) is 11.3. The summed E-state index contributed by atoms with van der Waals surface area (Å²) >= 11 is 0. The maximum Gasteiger partial charge on any atom is 0.164 e. The van der Waals surface area contributed by atoms with Crippen molar-refractivity contribution in [2.24, 2.45) is 0 Å². The van der Waals surface area contributed by atoms with Crippen molar-refractivity contribution in [3.05, 3.63) is 158 Å². The molecule has 0 aliphatic carbocycles. The molecule has 0 fully saturated rings. The van der Waals surface area contributed by atoms with Crippen LogP contribution in [0.3, 0.4) is 0 Å². The molecule has 0 spiro atoms. The molecule has 0 radical (unpaired) electrons. The number of pyridine rings is 1. The zero-order chi connectivity index (χ0) is 30.5. The third-order valence-corrected chi connectivity index (χ3v) is 8.40. The summed E-state index contributed by atoms with van der Waals surface area (Å²) in [5.41, 5.74) is 9.01. The van der Waals surface area contributed by atoms with E-state index in [2.05, 4.69) is 75.8 Å². The van der Waals surface area contributed by atoms with Gasteiger partial charge in [0.1, 0.15) is 5.65 Å². The van der Waals surface area contributed by atoms with Gasteiger partial charge in [0.25, 0.3) is 0 Å². The first kappa shape index (κ1) is 26.0. The summed E-state index contributed by atoms with van der Waals surface area (Å²) in [6, 6.07) is 49.8. The first-order valence-corrected chi connectivity index (χ1v) is 15.2. The number of fused-ring (bicyclic) bond motifs is 4. The lowest BCUT2D eigenvalue weighted by atomic mass is 10.1. The molecule has 0 atom stereocenters. The van der Waals surface area contributed by atoms with Crippen molar-refractivity contribution in [2.45, 2.75) is 0 Å². The number of rotatable bonds is 5. The van der Waals surface area contributed by atoms with E-state index in [1.807, 2.05) is 91.1 Å². The maximum absolute atomic E-state index is 5.00. The summed E-state index contributed by atoms with van der Waals surface area (Å²) < 4.78 is 4.38. The van der Waals surface area contributed by atoms with Crippen molar-refractivity contribution in [3.63, 3.8) is 0 Å². The molecule has 216 valence electrons. The van der Waals surface area contributed by atoms with Crippen LogP contribution in [0.2, 0.25) is 0 Å². The van der Waals surface area contributed by atoms with Crippen LogP contribution in [0.15, 0.2) is 158 Å². The number of hydrogen-bond donors (Lipinski definition) is 0. The summed E-state index contributed by atoms with van der Waals surface area (Å²) in [7, 11) is 0. The standard InChI is InChI=1S/C40H26N6/c1-4-12-27(13-5-1)38-42-39(28-14-6-2-7-15-28)44-40(43-38)30-20-22-33-32-21-19-29(34-26-45-23-11-10-18-37(45)41-34)24-35(32)46(36(33)25-30)31-16-8-3-9-17-31/h1-26H. The first-order valence-electron chi connectivity index (χ1n) is 15.2. The van der Waals surface area contributed by atoms with E-state index in [1.165, 1.54) is 5.39 Å². The average Bonchev–Trinajstić information content (AvgIpc) is 3.71. The van der Waals surface area contributed by atoms with Gasteiger partial charge in [-0.2, -0.15) is 0 Å². The fourth-order valence-corrected chi connectivity index (χ4v) is 6.18. The zero-order valence-electron chi connectivity index (χ0n) is 24.7. The van der Waals surface area contributed by atoms with Crippen molar-refractivity contribution in [1.29, 1.82) is 0 Å². The summed E-state index contributed by atoms with van der Waals surface area (Å²) in [6.07, 6.45) is 4.11. The summed E-state index contributed by atoms with van der Waals surface area (Å²) in [5.74, 6) is 1.92. The number of aromatic nitrogens is 6. The molecule has 0 N–H and O–H groups in total. The fourth-order valence-electron chi connectivity index (χ4n) is 6.18. The van der Waals surface area contributed by atoms with Crippen LogP contribution in [0.25, 0.3) is 78.6 Å². The van der Waals surface area contributed by atoms with Crippen molar-refractivity contribution in [2.75, 3.05) is 0 Å². The Kier molecular flexibility index (Phi) is 6.03. The molecule has 6 heteroatoms. The molecular formula is C40H26N6. The Morgan fingerprint density at radius 1 is 0.413 bits per heavy atom. The molecule has 0 saturated carbocycles. The topological polar surface area (TPSA) is 60.9 Å². The van der Waals surface area contributed by atoms with Crippen molar-refractivity contribution in [1.82, 2.24) is 28.9 Å². The minimum absolute atomic E-state index is 0.630. The lowest BCUT2D eigenvalue weighted by Gasteiger charge is -2.10. The summed E-state index contributed by atoms with van der Waals surface area (Å²) in [4.78, 5) is 19.8. The van der Waals surface area contributed by atoms with E-state index in [0.29, 0.717) is 17.5 Å². The molecule has 46 heavy (non-hydrogen) atoms. The Bertz CT molecular complexity index is 2420. The third-order valence-electron chi connectivity index (χ3n) is 8.40. The van der Waals surface area contributed by atoms with Gasteiger partial charge in [-0.15, -0.1) is 0 Å². The average molecular weight is 591 g/mol. The molecule has 9 rings (SSSR count). The quantitative estimate of drug-likeness (QED) is 0.200. The lowest BCUT2D eigenvalue weighted by Crippen LogP contribution is -2.00. The van der Waals surface area contributed by atoms with Crippen molar-refractivity contribution in [3.8, 4) is 51.1 Å². The molecule has 0 aliphatic heterocycles. The number of benzene rings is 5. The molecule has 0 saturated heterocycles. The van der Waals surface area contributed by atoms with Crippen molar-refractivity contribution < 1.29 is 0 Å². The fraction of sp³-hybridized carbons (Fsp3) is 0. The number of nitrogens with zero attached hydrogens (tertiary/aromatic N) is 6. The minimum atomic E-state index is 0.630. The van der Waals surface area contributed by atoms with E-state index in [0.717, 1.165) is 55.7 Å². The van der Waals surface area contributed by atoms with Gasteiger partial charge in [-0.25, -0.2) is 19.9 Å². The van der Waals surface area contributed by atoms with Crippen LogP contribution in [0, 0.1) is 0 Å². The zero-order valence-corrected chi connectivity index (χ0v) is 24.7. The SMILES string of the molecule is c1ccc(-c2nc(-c3ccccc3)nc(-c3ccc4c5ccc(-c6cn7ccccc7n6)cc5n(-c5ccccc5)c4c3)n2)cc1. The highest BCUT2D eigenvalue weighted by molar-refractivity contribution is 6.11. The second-order valence-corrected chi connectivity index (χ2v) is 11.3. The predicted octanol–water partition coefficient (Wildman–Crippen LogP) is 9.28. The van der Waals surface area contributed by atoms with Gasteiger partial charge in [-0.1, -0.05) is 109 Å². The van der Waals surface area contributed by atoms with E-state index in [-0.39, 0.29) is 0 Å². The smallest absolute Gasteiger partial charge is 0.164 e. The van der Waals surface area contributed by atoms with Gasteiger partial charge in [0.05, 0.1) is 16.7 Å². The normalized spacial score (nSPS) is 11.5. The van der Waals surface area contributed by atoms with Gasteiger partial charge in [-0.3, -0.25) is 0 Å². The Balaban J connectivity index is 1.27. The molecule has 0 aliphatic rings. The molecule has 5 aromatic carbocycles. The van der Waals surface area contributed by atoms with E-state index < -0.39 is 0 Å². The highest BCUT2D eigenvalue weighted by Crippen LogP contribution is 2.37. The van der Waals surface area contributed by atoms with Gasteiger partial charge < -0.3 is 8.97 Å². The Morgan fingerprint density at radius 2 is 0.935 bits per heavy atom. The molecule has 4 aromatic heterocycles. The molecule has 0 amide bonds. The van der Waals surface area contributed by atoms with Crippen LogP contribution in [-0.2, 0) is 0 Å². The maximum atomic E-state index is 5.00. The van der Waals surface area contributed by atoms with Gasteiger partial charge in [0.15, 0.2) is 17.5 Å². The minimum Gasteiger partial charge on any atom is -0.309 e. The summed E-state index contributed by atoms with van der Waals surface area (Å²) in [5, 5.41) is 2.33. The van der Waals surface area contributed by atoms with E-state index >= 15 is 0 Å². The van der Waals surface area contributed by atoms with Crippen LogP contribution in [-0.4, -0.2) is 28.9 Å². The van der Waals surface area contributed by atoms with E-state index in [4.69, 9.17) is 19.9 Å². The number of imidazole rings is 1. The third kappa shape index (κ3) is 4.43.